The topological polar surface area (TPSA) is 74.2 Å². The fourth-order valence-corrected chi connectivity index (χ4v) is 1.78. The first kappa shape index (κ1) is 12.9. The molecule has 0 bridgehead atoms. The highest BCUT2D eigenvalue weighted by atomic mass is 16.5. The van der Waals surface area contributed by atoms with Crippen LogP contribution in [-0.2, 0) is 4.74 Å². The second kappa shape index (κ2) is 6.45. The van der Waals surface area contributed by atoms with E-state index in [0.717, 1.165) is 18.4 Å². The summed E-state index contributed by atoms with van der Waals surface area (Å²) in [4.78, 5) is 4.05. The number of rotatable bonds is 6. The van der Waals surface area contributed by atoms with Gasteiger partial charge in [-0.2, -0.15) is 0 Å². The molecule has 0 saturated heterocycles. The quantitative estimate of drug-likeness (QED) is 0.772. The average molecular weight is 223 g/mol. The fraction of sp³-hybridized carbons (Fsp3) is 0.583. The van der Waals surface area contributed by atoms with Gasteiger partial charge in [0.05, 0.1) is 12.1 Å². The molecule has 0 radical (unpaired) electrons. The Balaban J connectivity index is 2.81. The summed E-state index contributed by atoms with van der Waals surface area (Å²) in [5.41, 5.74) is 12.8. The molecular formula is C12H21N3O. The van der Waals surface area contributed by atoms with E-state index in [2.05, 4.69) is 11.9 Å². The third kappa shape index (κ3) is 3.18. The van der Waals surface area contributed by atoms with Gasteiger partial charge in [0, 0.05) is 18.4 Å². The third-order valence-corrected chi connectivity index (χ3v) is 2.58. The molecule has 0 fully saturated rings. The lowest BCUT2D eigenvalue weighted by Gasteiger charge is -2.24. The van der Waals surface area contributed by atoms with Crippen molar-refractivity contribution < 1.29 is 4.74 Å². The second-order valence-electron chi connectivity index (χ2n) is 3.79. The Morgan fingerprint density at radius 2 is 2.19 bits per heavy atom. The predicted molar refractivity (Wildman–Crippen MR) is 65.9 cm³/mol. The van der Waals surface area contributed by atoms with Crippen LogP contribution in [0.4, 0.5) is 5.82 Å². The van der Waals surface area contributed by atoms with Crippen molar-refractivity contribution in [3.63, 3.8) is 0 Å². The molecule has 0 aromatic carbocycles. The molecular weight excluding hydrogens is 202 g/mol. The maximum absolute atomic E-state index is 6.17. The van der Waals surface area contributed by atoms with Gasteiger partial charge in [-0.15, -0.1) is 0 Å². The zero-order valence-corrected chi connectivity index (χ0v) is 10.0. The Morgan fingerprint density at radius 1 is 1.44 bits per heavy atom. The van der Waals surface area contributed by atoms with Gasteiger partial charge in [0.25, 0.3) is 0 Å². The highest BCUT2D eigenvalue weighted by Crippen LogP contribution is 2.23. The Labute approximate surface area is 97.0 Å². The minimum Gasteiger partial charge on any atom is -0.383 e. The lowest BCUT2D eigenvalue weighted by molar-refractivity contribution is 0.0375. The summed E-state index contributed by atoms with van der Waals surface area (Å²) in [5.74, 6) is 0.496. The summed E-state index contributed by atoms with van der Waals surface area (Å²) in [6.07, 6.45) is 3.66. The number of pyridine rings is 1. The van der Waals surface area contributed by atoms with Crippen LogP contribution in [0.2, 0.25) is 0 Å². The summed E-state index contributed by atoms with van der Waals surface area (Å²) < 4.78 is 5.65. The summed E-state index contributed by atoms with van der Waals surface area (Å²) in [7, 11) is 0. The van der Waals surface area contributed by atoms with E-state index in [1.54, 1.807) is 6.20 Å². The van der Waals surface area contributed by atoms with E-state index in [0.29, 0.717) is 12.4 Å². The number of aromatic nitrogens is 1. The standard InChI is InChI=1S/C12H21N3O/c1-3-6-10(16-4-2)11(13)9-7-5-8-15-12(9)14/h5,7-8,10-11H,3-4,6,13H2,1-2H3,(H2,14,15). The van der Waals surface area contributed by atoms with Crippen LogP contribution in [0, 0.1) is 0 Å². The van der Waals surface area contributed by atoms with Crippen LogP contribution >= 0.6 is 0 Å². The van der Waals surface area contributed by atoms with Crippen LogP contribution in [0.1, 0.15) is 38.3 Å². The predicted octanol–water partition coefficient (Wildman–Crippen LogP) is 1.87. The first-order chi connectivity index (χ1) is 7.70. The second-order valence-corrected chi connectivity index (χ2v) is 3.79. The maximum atomic E-state index is 6.17. The monoisotopic (exact) mass is 223 g/mol. The van der Waals surface area contributed by atoms with Crippen LogP contribution in [0.15, 0.2) is 18.3 Å². The molecule has 2 atom stereocenters. The molecule has 90 valence electrons. The largest absolute Gasteiger partial charge is 0.383 e. The number of nitrogens with zero attached hydrogens (tertiary/aromatic N) is 1. The van der Waals surface area contributed by atoms with Gasteiger partial charge >= 0.3 is 0 Å². The minimum absolute atomic E-state index is 0.0153. The van der Waals surface area contributed by atoms with Crippen molar-refractivity contribution >= 4 is 5.82 Å². The summed E-state index contributed by atoms with van der Waals surface area (Å²) in [6.45, 7) is 4.76. The van der Waals surface area contributed by atoms with E-state index in [-0.39, 0.29) is 12.1 Å². The molecule has 0 aliphatic heterocycles. The van der Waals surface area contributed by atoms with Crippen LogP contribution in [0.3, 0.4) is 0 Å². The van der Waals surface area contributed by atoms with Gasteiger partial charge in [-0.25, -0.2) is 4.98 Å². The molecule has 0 spiro atoms. The number of hydrogen-bond donors (Lipinski definition) is 2. The van der Waals surface area contributed by atoms with Gasteiger partial charge in [-0.05, 0) is 19.4 Å². The van der Waals surface area contributed by atoms with Crippen LogP contribution in [0.25, 0.3) is 0 Å². The molecule has 2 unspecified atom stereocenters. The van der Waals surface area contributed by atoms with Crippen molar-refractivity contribution in [1.29, 1.82) is 0 Å². The van der Waals surface area contributed by atoms with Crippen molar-refractivity contribution in [3.05, 3.63) is 23.9 Å². The highest BCUT2D eigenvalue weighted by Gasteiger charge is 2.21. The average Bonchev–Trinajstić information content (AvgIpc) is 2.28. The lowest BCUT2D eigenvalue weighted by atomic mass is 9.99. The Bertz CT molecular complexity index is 311. The number of anilines is 1. The molecule has 4 heteroatoms. The zero-order valence-electron chi connectivity index (χ0n) is 10.0. The van der Waals surface area contributed by atoms with Gasteiger partial charge in [0.1, 0.15) is 5.82 Å². The van der Waals surface area contributed by atoms with E-state index >= 15 is 0 Å². The highest BCUT2D eigenvalue weighted by molar-refractivity contribution is 5.41. The number of hydrogen-bond acceptors (Lipinski definition) is 4. The summed E-state index contributed by atoms with van der Waals surface area (Å²) in [6, 6.07) is 3.56. The van der Waals surface area contributed by atoms with Gasteiger partial charge in [0.2, 0.25) is 0 Å². The molecule has 1 rings (SSSR count). The summed E-state index contributed by atoms with van der Waals surface area (Å²) >= 11 is 0. The molecule has 1 heterocycles. The van der Waals surface area contributed by atoms with E-state index < -0.39 is 0 Å². The van der Waals surface area contributed by atoms with E-state index in [1.807, 2.05) is 19.1 Å². The molecule has 0 aliphatic rings. The molecule has 1 aromatic heterocycles. The Morgan fingerprint density at radius 3 is 2.75 bits per heavy atom. The fourth-order valence-electron chi connectivity index (χ4n) is 1.78. The molecule has 0 saturated carbocycles. The molecule has 4 nitrogen and oxygen atoms in total. The van der Waals surface area contributed by atoms with Crippen LogP contribution in [0.5, 0.6) is 0 Å². The SMILES string of the molecule is CCCC(OCC)C(N)c1cccnc1N. The van der Waals surface area contributed by atoms with E-state index in [1.165, 1.54) is 0 Å². The maximum Gasteiger partial charge on any atom is 0.128 e. The molecule has 16 heavy (non-hydrogen) atoms. The van der Waals surface area contributed by atoms with Crippen molar-refractivity contribution in [2.75, 3.05) is 12.3 Å². The summed E-state index contributed by atoms with van der Waals surface area (Å²) in [5, 5.41) is 0. The first-order valence-electron chi connectivity index (χ1n) is 5.78. The van der Waals surface area contributed by atoms with Crippen LogP contribution < -0.4 is 11.5 Å². The van der Waals surface area contributed by atoms with Gasteiger partial charge in [-0.3, -0.25) is 0 Å². The third-order valence-electron chi connectivity index (χ3n) is 2.58. The van der Waals surface area contributed by atoms with Crippen molar-refractivity contribution in [2.45, 2.75) is 38.8 Å². The lowest BCUT2D eigenvalue weighted by Crippen LogP contribution is -2.29. The van der Waals surface area contributed by atoms with E-state index in [4.69, 9.17) is 16.2 Å². The molecule has 0 amide bonds. The van der Waals surface area contributed by atoms with E-state index in [9.17, 15) is 0 Å². The van der Waals surface area contributed by atoms with Crippen LogP contribution in [-0.4, -0.2) is 17.7 Å². The molecule has 1 aromatic rings. The van der Waals surface area contributed by atoms with Gasteiger partial charge in [0.15, 0.2) is 0 Å². The minimum atomic E-state index is -0.200. The number of nitrogen functional groups attached to an aromatic ring is 1. The number of nitrogens with two attached hydrogens (primary N) is 2. The van der Waals surface area contributed by atoms with Gasteiger partial charge in [-0.1, -0.05) is 19.4 Å². The normalized spacial score (nSPS) is 14.7. The zero-order chi connectivity index (χ0) is 12.0. The van der Waals surface area contributed by atoms with Crippen molar-refractivity contribution in [1.82, 2.24) is 4.98 Å². The first-order valence-corrected chi connectivity index (χ1v) is 5.78. The molecule has 4 N–H and O–H groups in total. The Hall–Kier alpha value is -1.13. The number of ether oxygens (including phenoxy) is 1. The van der Waals surface area contributed by atoms with Crippen molar-refractivity contribution in [3.8, 4) is 0 Å². The van der Waals surface area contributed by atoms with Crippen molar-refractivity contribution in [2.24, 2.45) is 5.73 Å². The smallest absolute Gasteiger partial charge is 0.128 e. The Kier molecular flexibility index (Phi) is 5.22. The van der Waals surface area contributed by atoms with Gasteiger partial charge < -0.3 is 16.2 Å². The molecule has 0 aliphatic carbocycles.